The molecule has 0 N–H and O–H groups in total. The van der Waals surface area contributed by atoms with Crippen LogP contribution in [0.1, 0.15) is 24.8 Å². The van der Waals surface area contributed by atoms with Crippen LogP contribution in [0, 0.1) is 0 Å². The van der Waals surface area contributed by atoms with E-state index in [4.69, 9.17) is 9.47 Å². The Labute approximate surface area is 165 Å². The van der Waals surface area contributed by atoms with Gasteiger partial charge >= 0.3 is 0 Å². The summed E-state index contributed by atoms with van der Waals surface area (Å²) in [6.45, 7) is 3.38. The number of ether oxygens (including phenoxy) is 2. The fourth-order valence-electron chi connectivity index (χ4n) is 3.33. The van der Waals surface area contributed by atoms with Crippen molar-refractivity contribution in [1.82, 2.24) is 14.9 Å². The molecule has 1 aromatic carbocycles. The highest BCUT2D eigenvalue weighted by molar-refractivity contribution is 5.77. The van der Waals surface area contributed by atoms with E-state index in [0.717, 1.165) is 37.3 Å². The van der Waals surface area contributed by atoms with Crippen LogP contribution in [-0.2, 0) is 16.1 Å². The molecular formula is C21H26N4O3. The van der Waals surface area contributed by atoms with Gasteiger partial charge in [-0.15, -0.1) is 0 Å². The molecule has 0 radical (unpaired) electrons. The molecule has 28 heavy (non-hydrogen) atoms. The summed E-state index contributed by atoms with van der Waals surface area (Å²) in [5.41, 5.74) is 1.07. The van der Waals surface area contributed by atoms with Gasteiger partial charge in [0.05, 0.1) is 6.61 Å². The predicted octanol–water partition coefficient (Wildman–Crippen LogP) is 2.27. The van der Waals surface area contributed by atoms with E-state index in [1.807, 2.05) is 41.3 Å². The topological polar surface area (TPSA) is 67.8 Å². The van der Waals surface area contributed by atoms with E-state index in [2.05, 4.69) is 14.9 Å². The van der Waals surface area contributed by atoms with Crippen LogP contribution < -0.4 is 9.64 Å². The minimum absolute atomic E-state index is 0.0345. The Bertz CT molecular complexity index is 774. The standard InChI is InChI=1S/C21H26N4O3/c26-21(15-27-14-17-5-2-1-3-6-17)25-11-9-24(10-12-25)19-13-20(23-16-22-19)28-18-7-4-8-18/h1-3,5-6,13,16,18H,4,7-12,14-15H2. The lowest BCUT2D eigenvalue weighted by Gasteiger charge is -2.35. The molecule has 148 valence electrons. The quantitative estimate of drug-likeness (QED) is 0.732. The van der Waals surface area contributed by atoms with Gasteiger partial charge in [-0.25, -0.2) is 9.97 Å². The Morgan fingerprint density at radius 2 is 1.86 bits per heavy atom. The highest BCUT2D eigenvalue weighted by Gasteiger charge is 2.23. The van der Waals surface area contributed by atoms with E-state index in [9.17, 15) is 4.79 Å². The van der Waals surface area contributed by atoms with Crippen molar-refractivity contribution in [1.29, 1.82) is 0 Å². The van der Waals surface area contributed by atoms with Crippen LogP contribution >= 0.6 is 0 Å². The molecule has 0 unspecified atom stereocenters. The van der Waals surface area contributed by atoms with E-state index in [1.165, 1.54) is 6.42 Å². The predicted molar refractivity (Wildman–Crippen MR) is 105 cm³/mol. The lowest BCUT2D eigenvalue weighted by Crippen LogP contribution is -2.50. The maximum Gasteiger partial charge on any atom is 0.248 e. The van der Waals surface area contributed by atoms with E-state index in [1.54, 1.807) is 6.33 Å². The van der Waals surface area contributed by atoms with Crippen molar-refractivity contribution in [2.24, 2.45) is 0 Å². The molecule has 1 aliphatic carbocycles. The fraction of sp³-hybridized carbons (Fsp3) is 0.476. The molecule has 0 spiro atoms. The summed E-state index contributed by atoms with van der Waals surface area (Å²) in [7, 11) is 0. The average molecular weight is 382 g/mol. The first-order valence-electron chi connectivity index (χ1n) is 9.91. The van der Waals surface area contributed by atoms with Gasteiger partial charge in [0.15, 0.2) is 0 Å². The molecule has 1 saturated carbocycles. The van der Waals surface area contributed by atoms with Gasteiger partial charge in [-0.3, -0.25) is 4.79 Å². The van der Waals surface area contributed by atoms with Crippen LogP contribution in [0.25, 0.3) is 0 Å². The first-order chi connectivity index (χ1) is 13.8. The summed E-state index contributed by atoms with van der Waals surface area (Å²) in [6.07, 6.45) is 5.29. The highest BCUT2D eigenvalue weighted by atomic mass is 16.5. The lowest BCUT2D eigenvalue weighted by molar-refractivity contribution is -0.136. The number of carbonyl (C=O) groups is 1. The van der Waals surface area contributed by atoms with E-state index in [-0.39, 0.29) is 12.5 Å². The van der Waals surface area contributed by atoms with Gasteiger partial charge in [0.1, 0.15) is 24.9 Å². The van der Waals surface area contributed by atoms with Crippen LogP contribution in [0.3, 0.4) is 0 Å². The zero-order valence-corrected chi connectivity index (χ0v) is 16.0. The average Bonchev–Trinajstić information content (AvgIpc) is 2.72. The molecule has 2 heterocycles. The number of anilines is 1. The summed E-state index contributed by atoms with van der Waals surface area (Å²) in [5.74, 6) is 1.53. The third-order valence-corrected chi connectivity index (χ3v) is 5.26. The molecule has 0 atom stereocenters. The van der Waals surface area contributed by atoms with Crippen LogP contribution in [0.2, 0.25) is 0 Å². The number of aromatic nitrogens is 2. The minimum Gasteiger partial charge on any atom is -0.474 e. The number of piperazine rings is 1. The second-order valence-corrected chi connectivity index (χ2v) is 7.23. The zero-order valence-electron chi connectivity index (χ0n) is 16.0. The normalized spacial score (nSPS) is 17.3. The van der Waals surface area contributed by atoms with Gasteiger partial charge in [0.2, 0.25) is 11.8 Å². The number of hydrogen-bond donors (Lipinski definition) is 0. The Kier molecular flexibility index (Phi) is 6.01. The van der Waals surface area contributed by atoms with Gasteiger partial charge < -0.3 is 19.3 Å². The fourth-order valence-corrected chi connectivity index (χ4v) is 3.33. The third-order valence-electron chi connectivity index (χ3n) is 5.26. The molecule has 1 amide bonds. The number of carbonyl (C=O) groups excluding carboxylic acids is 1. The lowest BCUT2D eigenvalue weighted by atomic mass is 9.96. The Morgan fingerprint density at radius 1 is 1.07 bits per heavy atom. The molecule has 7 heteroatoms. The summed E-state index contributed by atoms with van der Waals surface area (Å²) < 4.78 is 11.4. The Balaban J connectivity index is 1.22. The van der Waals surface area contributed by atoms with Crippen molar-refractivity contribution in [2.75, 3.05) is 37.7 Å². The first-order valence-corrected chi connectivity index (χ1v) is 9.91. The SMILES string of the molecule is O=C(COCc1ccccc1)N1CCN(c2cc(OC3CCC3)ncn2)CC1. The van der Waals surface area contributed by atoms with Crippen molar-refractivity contribution in [3.63, 3.8) is 0 Å². The van der Waals surface area contributed by atoms with E-state index < -0.39 is 0 Å². The number of nitrogens with zero attached hydrogens (tertiary/aromatic N) is 4. The number of amides is 1. The molecule has 1 saturated heterocycles. The molecular weight excluding hydrogens is 356 g/mol. The summed E-state index contributed by atoms with van der Waals surface area (Å²) in [5, 5.41) is 0. The number of benzene rings is 1. The largest absolute Gasteiger partial charge is 0.474 e. The second-order valence-electron chi connectivity index (χ2n) is 7.23. The summed E-state index contributed by atoms with van der Waals surface area (Å²) in [4.78, 5) is 25.0. The minimum atomic E-state index is 0.0345. The highest BCUT2D eigenvalue weighted by Crippen LogP contribution is 2.25. The van der Waals surface area contributed by atoms with Crippen molar-refractivity contribution >= 4 is 11.7 Å². The van der Waals surface area contributed by atoms with Gasteiger partial charge in [-0.05, 0) is 24.8 Å². The molecule has 4 rings (SSSR count). The molecule has 7 nitrogen and oxygen atoms in total. The molecule has 2 aromatic rings. The molecule has 0 bridgehead atoms. The monoisotopic (exact) mass is 382 g/mol. The summed E-state index contributed by atoms with van der Waals surface area (Å²) >= 11 is 0. The van der Waals surface area contributed by atoms with Gasteiger partial charge in [0.25, 0.3) is 0 Å². The van der Waals surface area contributed by atoms with Crippen LogP contribution in [0.5, 0.6) is 5.88 Å². The maximum absolute atomic E-state index is 12.4. The Hall–Kier alpha value is -2.67. The number of hydrogen-bond acceptors (Lipinski definition) is 6. The molecule has 1 aliphatic heterocycles. The second kappa shape index (κ2) is 9.01. The summed E-state index contributed by atoms with van der Waals surface area (Å²) in [6, 6.07) is 11.8. The van der Waals surface area contributed by atoms with Crippen molar-refractivity contribution < 1.29 is 14.3 Å². The third kappa shape index (κ3) is 4.78. The van der Waals surface area contributed by atoms with E-state index in [0.29, 0.717) is 31.7 Å². The number of rotatable bonds is 7. The van der Waals surface area contributed by atoms with E-state index >= 15 is 0 Å². The smallest absolute Gasteiger partial charge is 0.248 e. The Morgan fingerprint density at radius 3 is 2.57 bits per heavy atom. The van der Waals surface area contributed by atoms with Crippen LogP contribution in [0.4, 0.5) is 5.82 Å². The van der Waals surface area contributed by atoms with Crippen LogP contribution in [-0.4, -0.2) is 59.7 Å². The molecule has 1 aromatic heterocycles. The van der Waals surface area contributed by atoms with Gasteiger partial charge in [-0.2, -0.15) is 0 Å². The van der Waals surface area contributed by atoms with Gasteiger partial charge in [0, 0.05) is 32.2 Å². The first kappa shape index (κ1) is 18.7. The van der Waals surface area contributed by atoms with Crippen molar-refractivity contribution in [3.8, 4) is 5.88 Å². The maximum atomic E-state index is 12.4. The molecule has 2 aliphatic rings. The molecule has 2 fully saturated rings. The van der Waals surface area contributed by atoms with Crippen molar-refractivity contribution in [2.45, 2.75) is 32.0 Å². The van der Waals surface area contributed by atoms with Crippen molar-refractivity contribution in [3.05, 3.63) is 48.3 Å². The van der Waals surface area contributed by atoms with Crippen LogP contribution in [0.15, 0.2) is 42.7 Å². The van der Waals surface area contributed by atoms with Gasteiger partial charge in [-0.1, -0.05) is 30.3 Å². The zero-order chi connectivity index (χ0) is 19.2.